The van der Waals surface area contributed by atoms with Gasteiger partial charge in [-0.2, -0.15) is 0 Å². The zero-order valence-electron chi connectivity index (χ0n) is 26.2. The number of hydrogen-bond acceptors (Lipinski definition) is 9. The number of carbonyl (C=O) groups excluding carboxylic acids is 7. The number of primary amides is 1. The van der Waals surface area contributed by atoms with Gasteiger partial charge in [-0.3, -0.25) is 28.9 Å². The van der Waals surface area contributed by atoms with Crippen LogP contribution in [0.3, 0.4) is 0 Å². The lowest BCUT2D eigenvalue weighted by molar-refractivity contribution is -0.137. The number of anilines is 1. The van der Waals surface area contributed by atoms with Crippen molar-refractivity contribution in [1.82, 2.24) is 26.2 Å². The Kier molecular flexibility index (Phi) is 15.6. The summed E-state index contributed by atoms with van der Waals surface area (Å²) >= 11 is 3.97. The maximum atomic E-state index is 13.3. The third-order valence-corrected chi connectivity index (χ3v) is 7.26. The molecule has 0 bridgehead atoms. The summed E-state index contributed by atoms with van der Waals surface area (Å²) in [6.45, 7) is 3.98. The number of amides is 8. The largest absolute Gasteiger partial charge is 0.445 e. The van der Waals surface area contributed by atoms with Gasteiger partial charge in [-0.15, -0.1) is 12.6 Å². The molecule has 1 aliphatic rings. The van der Waals surface area contributed by atoms with Crippen LogP contribution in [0.15, 0.2) is 35.2 Å². The number of carbonyl (C=O) groups is 7. The number of ether oxygens (including phenoxy) is 1. The molecule has 2 atom stereocenters. The van der Waals surface area contributed by atoms with Crippen LogP contribution in [0.4, 0.5) is 15.3 Å². The molecule has 1 heterocycles. The standard InChI is InChI=1S/C30H43N7O8S/c1-18(2)25(36-23(38)9-5-4-6-15-37-24(39)16-22(46)28(37)42)27(41)35-21(8-7-14-33-29(31)43)26(40)34-20-12-10-19(11-13-20)17-45-30(44)32-3/h10-13,16,18,21,25,46H,4-9,14-15,17H2,1-3H3,(H,32,44)(H,34,40)(H,35,41)(H,36,38)(H3,31,33,43)/t21-,25-/m0/s1. The third kappa shape index (κ3) is 12.8. The topological polar surface area (TPSA) is 218 Å². The summed E-state index contributed by atoms with van der Waals surface area (Å²) < 4.78 is 5.00. The highest BCUT2D eigenvalue weighted by Crippen LogP contribution is 2.17. The predicted molar refractivity (Wildman–Crippen MR) is 172 cm³/mol. The van der Waals surface area contributed by atoms with E-state index in [0.29, 0.717) is 36.9 Å². The highest BCUT2D eigenvalue weighted by atomic mass is 32.1. The quantitative estimate of drug-likeness (QED) is 0.0689. The van der Waals surface area contributed by atoms with Gasteiger partial charge in [-0.05, 0) is 49.3 Å². The van der Waals surface area contributed by atoms with Crippen molar-refractivity contribution in [2.45, 2.75) is 71.1 Å². The number of unbranched alkanes of at least 4 members (excludes halogenated alkanes) is 2. The Hall–Kier alpha value is -4.60. The average Bonchev–Trinajstić information content (AvgIpc) is 3.25. The van der Waals surface area contributed by atoms with Gasteiger partial charge in [0.2, 0.25) is 17.7 Å². The van der Waals surface area contributed by atoms with Gasteiger partial charge >= 0.3 is 12.1 Å². The smallest absolute Gasteiger partial charge is 0.407 e. The minimum absolute atomic E-state index is 0.0390. The maximum absolute atomic E-state index is 13.3. The van der Waals surface area contributed by atoms with E-state index < -0.39 is 47.8 Å². The fraction of sp³-hybridized carbons (Fsp3) is 0.500. The first-order valence-electron chi connectivity index (χ1n) is 15.0. The van der Waals surface area contributed by atoms with Gasteiger partial charge in [0.1, 0.15) is 18.7 Å². The van der Waals surface area contributed by atoms with E-state index in [-0.39, 0.29) is 49.3 Å². The van der Waals surface area contributed by atoms with Crippen LogP contribution in [0.2, 0.25) is 0 Å². The number of hydrogen-bond donors (Lipinski definition) is 7. The molecule has 0 saturated heterocycles. The average molecular weight is 662 g/mol. The molecule has 15 nitrogen and oxygen atoms in total. The van der Waals surface area contributed by atoms with Crippen LogP contribution >= 0.6 is 12.6 Å². The third-order valence-electron chi connectivity index (χ3n) is 6.94. The monoisotopic (exact) mass is 661 g/mol. The highest BCUT2D eigenvalue weighted by Gasteiger charge is 2.30. The maximum Gasteiger partial charge on any atom is 0.407 e. The molecule has 252 valence electrons. The van der Waals surface area contributed by atoms with Crippen LogP contribution in [-0.2, 0) is 35.3 Å². The van der Waals surface area contributed by atoms with Crippen molar-refractivity contribution >= 4 is 60.0 Å². The van der Waals surface area contributed by atoms with Gasteiger partial charge in [0.15, 0.2) is 0 Å². The van der Waals surface area contributed by atoms with E-state index in [1.165, 1.54) is 13.1 Å². The Labute approximate surface area is 273 Å². The van der Waals surface area contributed by atoms with Gasteiger partial charge in [0.05, 0.1) is 4.91 Å². The zero-order valence-corrected chi connectivity index (χ0v) is 27.1. The van der Waals surface area contributed by atoms with Gasteiger partial charge < -0.3 is 37.1 Å². The van der Waals surface area contributed by atoms with Crippen molar-refractivity contribution < 1.29 is 38.3 Å². The normalized spacial score (nSPS) is 13.8. The number of nitrogens with two attached hydrogens (primary N) is 1. The van der Waals surface area contributed by atoms with Gasteiger partial charge in [-0.1, -0.05) is 32.4 Å². The minimum atomic E-state index is -1.00. The lowest BCUT2D eigenvalue weighted by Gasteiger charge is -2.25. The van der Waals surface area contributed by atoms with Gasteiger partial charge in [0.25, 0.3) is 11.8 Å². The Bertz CT molecular complexity index is 1300. The summed E-state index contributed by atoms with van der Waals surface area (Å²) in [6, 6.07) is 3.96. The van der Waals surface area contributed by atoms with Crippen LogP contribution < -0.4 is 32.3 Å². The Morgan fingerprint density at radius 3 is 2.24 bits per heavy atom. The number of rotatable bonds is 18. The van der Waals surface area contributed by atoms with E-state index in [1.807, 2.05) is 0 Å². The van der Waals surface area contributed by atoms with Gasteiger partial charge in [-0.25, -0.2) is 9.59 Å². The van der Waals surface area contributed by atoms with E-state index in [2.05, 4.69) is 39.2 Å². The van der Waals surface area contributed by atoms with Crippen molar-refractivity contribution in [3.63, 3.8) is 0 Å². The second-order valence-corrected chi connectivity index (χ2v) is 11.4. The lowest BCUT2D eigenvalue weighted by atomic mass is 10.0. The number of nitrogens with one attached hydrogen (secondary N) is 5. The molecule has 0 aliphatic carbocycles. The molecule has 0 spiro atoms. The summed E-state index contributed by atoms with van der Waals surface area (Å²) in [5, 5.41) is 13.0. The summed E-state index contributed by atoms with van der Waals surface area (Å²) in [4.78, 5) is 86.5. The van der Waals surface area contributed by atoms with E-state index in [4.69, 9.17) is 10.5 Å². The highest BCUT2D eigenvalue weighted by molar-refractivity contribution is 7.85. The van der Waals surface area contributed by atoms with Crippen molar-refractivity contribution in [2.75, 3.05) is 25.5 Å². The predicted octanol–water partition coefficient (Wildman–Crippen LogP) is 1.30. The molecule has 7 N–H and O–H groups in total. The molecule has 0 aromatic heterocycles. The second kappa shape index (κ2) is 19.0. The first-order valence-corrected chi connectivity index (χ1v) is 15.4. The molecule has 1 aromatic rings. The summed E-state index contributed by atoms with van der Waals surface area (Å²) in [6.07, 6.45) is 2.79. The molecule has 0 radical (unpaired) electrons. The molecule has 1 aliphatic heterocycles. The van der Waals surface area contributed by atoms with Crippen LogP contribution in [0.5, 0.6) is 0 Å². The van der Waals surface area contributed by atoms with E-state index in [1.54, 1.807) is 38.1 Å². The fourth-order valence-electron chi connectivity index (χ4n) is 4.40. The first kappa shape index (κ1) is 37.6. The second-order valence-electron chi connectivity index (χ2n) is 10.9. The molecule has 16 heteroatoms. The molecular formula is C30H43N7O8S. The fourth-order valence-corrected chi connectivity index (χ4v) is 4.63. The van der Waals surface area contributed by atoms with E-state index in [9.17, 15) is 33.6 Å². The minimum Gasteiger partial charge on any atom is -0.445 e. The molecule has 0 unspecified atom stereocenters. The van der Waals surface area contributed by atoms with Crippen molar-refractivity contribution in [2.24, 2.45) is 11.7 Å². The summed E-state index contributed by atoms with van der Waals surface area (Å²) in [5.41, 5.74) is 6.26. The molecule has 46 heavy (non-hydrogen) atoms. The molecular weight excluding hydrogens is 618 g/mol. The number of alkyl carbamates (subject to hydrolysis) is 1. The van der Waals surface area contributed by atoms with Crippen molar-refractivity contribution in [1.29, 1.82) is 0 Å². The van der Waals surface area contributed by atoms with Crippen molar-refractivity contribution in [3.05, 3.63) is 40.8 Å². The van der Waals surface area contributed by atoms with Crippen LogP contribution in [-0.4, -0.2) is 78.8 Å². The Morgan fingerprint density at radius 2 is 1.65 bits per heavy atom. The Morgan fingerprint density at radius 1 is 0.957 bits per heavy atom. The number of nitrogens with zero attached hydrogens (tertiary/aromatic N) is 1. The van der Waals surface area contributed by atoms with Gasteiger partial charge in [0, 0.05) is 38.3 Å². The first-order chi connectivity index (χ1) is 21.8. The number of imide groups is 1. The van der Waals surface area contributed by atoms with Crippen LogP contribution in [0.25, 0.3) is 0 Å². The van der Waals surface area contributed by atoms with Crippen molar-refractivity contribution in [3.8, 4) is 0 Å². The molecule has 1 aromatic carbocycles. The molecule has 8 amide bonds. The summed E-state index contributed by atoms with van der Waals surface area (Å²) in [5.74, 6) is -2.55. The zero-order chi connectivity index (χ0) is 34.2. The molecule has 0 saturated carbocycles. The van der Waals surface area contributed by atoms with E-state index in [0.717, 1.165) is 4.90 Å². The SMILES string of the molecule is CNC(=O)OCc1ccc(NC(=O)[C@H](CCCNC(N)=O)NC(=O)[C@@H](NC(=O)CCCCCN2C(=O)C=C(S)C2=O)C(C)C)cc1. The van der Waals surface area contributed by atoms with Crippen LogP contribution in [0.1, 0.15) is 57.9 Å². The lowest BCUT2D eigenvalue weighted by Crippen LogP contribution is -2.54. The number of thiol groups is 1. The summed E-state index contributed by atoms with van der Waals surface area (Å²) in [7, 11) is 1.45. The number of urea groups is 1. The Balaban J connectivity index is 1.94. The van der Waals surface area contributed by atoms with E-state index >= 15 is 0 Å². The van der Waals surface area contributed by atoms with Crippen LogP contribution in [0, 0.1) is 5.92 Å². The molecule has 2 rings (SSSR count). The number of benzene rings is 1. The molecule has 0 fully saturated rings.